The third-order valence-corrected chi connectivity index (χ3v) is 4.09. The second kappa shape index (κ2) is 8.41. The van der Waals surface area contributed by atoms with Crippen LogP contribution < -0.4 is 10.1 Å². The molecule has 1 N–H and O–H groups in total. The van der Waals surface area contributed by atoms with Gasteiger partial charge in [-0.2, -0.15) is 11.3 Å². The van der Waals surface area contributed by atoms with Gasteiger partial charge < -0.3 is 14.8 Å². The van der Waals surface area contributed by atoms with E-state index in [4.69, 9.17) is 9.47 Å². The Morgan fingerprint density at radius 1 is 1.24 bits per heavy atom. The maximum absolute atomic E-state index is 12.2. The third kappa shape index (κ3) is 4.65. The van der Waals surface area contributed by atoms with E-state index in [0.717, 1.165) is 5.69 Å². The summed E-state index contributed by atoms with van der Waals surface area (Å²) in [6, 6.07) is 8.92. The number of rotatable bonds is 8. The van der Waals surface area contributed by atoms with Crippen LogP contribution in [0.4, 0.5) is 0 Å². The molecule has 1 aromatic carbocycles. The lowest BCUT2D eigenvalue weighted by molar-refractivity contribution is 0.0950. The molecule has 3 rings (SSSR count). The van der Waals surface area contributed by atoms with E-state index in [0.29, 0.717) is 36.8 Å². The van der Waals surface area contributed by atoms with Crippen molar-refractivity contribution in [1.82, 2.24) is 20.3 Å². The molecule has 0 bridgehead atoms. The first-order chi connectivity index (χ1) is 12.3. The molecule has 0 spiro atoms. The Morgan fingerprint density at radius 3 is 2.80 bits per heavy atom. The van der Waals surface area contributed by atoms with Gasteiger partial charge in [0.1, 0.15) is 18.1 Å². The average molecular weight is 358 g/mol. The van der Waals surface area contributed by atoms with Crippen molar-refractivity contribution in [1.29, 1.82) is 0 Å². The highest BCUT2D eigenvalue weighted by Crippen LogP contribution is 2.13. The SMILES string of the molecule is COCCOc1ccc(C(=O)NCc2cn(-c3ccsc3)nn2)cc1. The van der Waals surface area contributed by atoms with Gasteiger partial charge in [-0.05, 0) is 35.7 Å². The zero-order valence-corrected chi connectivity index (χ0v) is 14.5. The normalized spacial score (nSPS) is 10.6. The van der Waals surface area contributed by atoms with Crippen LogP contribution in [0.25, 0.3) is 5.69 Å². The van der Waals surface area contributed by atoms with Gasteiger partial charge in [-0.1, -0.05) is 5.21 Å². The molecular weight excluding hydrogens is 340 g/mol. The van der Waals surface area contributed by atoms with Crippen LogP contribution in [0.5, 0.6) is 5.75 Å². The summed E-state index contributed by atoms with van der Waals surface area (Å²) in [5, 5.41) is 14.9. The minimum Gasteiger partial charge on any atom is -0.491 e. The summed E-state index contributed by atoms with van der Waals surface area (Å²) in [6.45, 7) is 1.31. The molecule has 0 atom stereocenters. The summed E-state index contributed by atoms with van der Waals surface area (Å²) in [6.07, 6.45) is 1.80. The Morgan fingerprint density at radius 2 is 2.08 bits per heavy atom. The summed E-state index contributed by atoms with van der Waals surface area (Å²) in [7, 11) is 1.62. The first-order valence-corrected chi connectivity index (χ1v) is 8.64. The summed E-state index contributed by atoms with van der Waals surface area (Å²) >= 11 is 1.59. The number of ether oxygens (including phenoxy) is 2. The Labute approximate surface area is 149 Å². The fraction of sp³-hybridized carbons (Fsp3) is 0.235. The summed E-state index contributed by atoms with van der Waals surface area (Å²) in [5.74, 6) is 0.529. The zero-order chi connectivity index (χ0) is 17.5. The molecule has 25 heavy (non-hydrogen) atoms. The molecule has 0 fully saturated rings. The maximum atomic E-state index is 12.2. The molecule has 2 heterocycles. The number of nitrogens with zero attached hydrogens (tertiary/aromatic N) is 3. The number of nitrogens with one attached hydrogen (secondary N) is 1. The highest BCUT2D eigenvalue weighted by atomic mass is 32.1. The van der Waals surface area contributed by atoms with Crippen LogP contribution in [-0.4, -0.2) is 41.2 Å². The lowest BCUT2D eigenvalue weighted by Crippen LogP contribution is -2.22. The monoisotopic (exact) mass is 358 g/mol. The highest BCUT2D eigenvalue weighted by Gasteiger charge is 2.08. The Hall–Kier alpha value is -2.71. The molecule has 0 saturated carbocycles. The van der Waals surface area contributed by atoms with Gasteiger partial charge >= 0.3 is 0 Å². The van der Waals surface area contributed by atoms with Gasteiger partial charge in [-0.25, -0.2) is 4.68 Å². The largest absolute Gasteiger partial charge is 0.491 e. The Bertz CT molecular complexity index is 800. The molecule has 0 unspecified atom stereocenters. The number of hydrogen-bond acceptors (Lipinski definition) is 6. The molecule has 8 heteroatoms. The second-order valence-corrected chi connectivity index (χ2v) is 5.96. The maximum Gasteiger partial charge on any atom is 0.251 e. The van der Waals surface area contributed by atoms with Gasteiger partial charge in [0.05, 0.1) is 25.0 Å². The van der Waals surface area contributed by atoms with E-state index in [1.54, 1.807) is 53.6 Å². The van der Waals surface area contributed by atoms with Crippen molar-refractivity contribution in [2.45, 2.75) is 6.54 Å². The number of aromatic nitrogens is 3. The van der Waals surface area contributed by atoms with Crippen LogP contribution in [0.15, 0.2) is 47.3 Å². The summed E-state index contributed by atoms with van der Waals surface area (Å²) < 4.78 is 12.1. The van der Waals surface area contributed by atoms with Gasteiger partial charge in [0.2, 0.25) is 0 Å². The Balaban J connectivity index is 1.52. The lowest BCUT2D eigenvalue weighted by Gasteiger charge is -2.07. The molecule has 0 aliphatic carbocycles. The average Bonchev–Trinajstić information content (AvgIpc) is 3.32. The number of methoxy groups -OCH3 is 1. The van der Waals surface area contributed by atoms with Crippen LogP contribution in [0, 0.1) is 0 Å². The van der Waals surface area contributed by atoms with E-state index < -0.39 is 0 Å². The van der Waals surface area contributed by atoms with E-state index in [1.807, 2.05) is 16.8 Å². The molecule has 130 valence electrons. The van der Waals surface area contributed by atoms with Crippen LogP contribution in [0.1, 0.15) is 16.1 Å². The lowest BCUT2D eigenvalue weighted by atomic mass is 10.2. The smallest absolute Gasteiger partial charge is 0.251 e. The van der Waals surface area contributed by atoms with Crippen molar-refractivity contribution < 1.29 is 14.3 Å². The van der Waals surface area contributed by atoms with E-state index in [9.17, 15) is 4.79 Å². The molecule has 0 radical (unpaired) electrons. The number of amides is 1. The van der Waals surface area contributed by atoms with E-state index in [-0.39, 0.29) is 5.91 Å². The van der Waals surface area contributed by atoms with Crippen molar-refractivity contribution >= 4 is 17.2 Å². The zero-order valence-electron chi connectivity index (χ0n) is 13.7. The third-order valence-electron chi connectivity index (χ3n) is 3.41. The minimum atomic E-state index is -0.173. The topological polar surface area (TPSA) is 78.3 Å². The van der Waals surface area contributed by atoms with Gasteiger partial charge in [0.15, 0.2) is 0 Å². The predicted octanol–water partition coefficient (Wildman–Crippen LogP) is 2.28. The van der Waals surface area contributed by atoms with Gasteiger partial charge in [0.25, 0.3) is 5.91 Å². The quantitative estimate of drug-likeness (QED) is 0.625. The van der Waals surface area contributed by atoms with E-state index in [1.165, 1.54) is 0 Å². The predicted molar refractivity (Wildman–Crippen MR) is 94.2 cm³/mol. The van der Waals surface area contributed by atoms with Crippen molar-refractivity contribution in [3.05, 3.63) is 58.5 Å². The van der Waals surface area contributed by atoms with Crippen LogP contribution in [0.3, 0.4) is 0 Å². The number of carbonyl (C=O) groups excluding carboxylic acids is 1. The number of carbonyl (C=O) groups is 1. The van der Waals surface area contributed by atoms with Crippen molar-refractivity contribution in [3.8, 4) is 11.4 Å². The van der Waals surface area contributed by atoms with Crippen LogP contribution in [-0.2, 0) is 11.3 Å². The Kier molecular flexibility index (Phi) is 5.76. The summed E-state index contributed by atoms with van der Waals surface area (Å²) in [4.78, 5) is 12.2. The van der Waals surface area contributed by atoms with Gasteiger partial charge in [0, 0.05) is 18.1 Å². The molecule has 0 saturated heterocycles. The van der Waals surface area contributed by atoms with E-state index >= 15 is 0 Å². The number of benzene rings is 1. The second-order valence-electron chi connectivity index (χ2n) is 5.18. The standard InChI is InChI=1S/C17H18N4O3S/c1-23-7-8-24-16-4-2-13(3-5-16)17(22)18-10-14-11-21(20-19-14)15-6-9-25-12-15/h2-6,9,11-12H,7-8,10H2,1H3,(H,18,22). The molecule has 2 aromatic heterocycles. The van der Waals surface area contributed by atoms with Gasteiger partial charge in [-0.15, -0.1) is 5.10 Å². The number of hydrogen-bond donors (Lipinski definition) is 1. The van der Waals surface area contributed by atoms with Crippen LogP contribution >= 0.6 is 11.3 Å². The van der Waals surface area contributed by atoms with Crippen molar-refractivity contribution in [2.24, 2.45) is 0 Å². The first kappa shape index (κ1) is 17.1. The van der Waals surface area contributed by atoms with Crippen LogP contribution in [0.2, 0.25) is 0 Å². The van der Waals surface area contributed by atoms with E-state index in [2.05, 4.69) is 15.6 Å². The molecule has 7 nitrogen and oxygen atoms in total. The fourth-order valence-corrected chi connectivity index (χ4v) is 2.73. The molecule has 0 aliphatic rings. The highest BCUT2D eigenvalue weighted by molar-refractivity contribution is 7.08. The first-order valence-electron chi connectivity index (χ1n) is 7.70. The molecule has 3 aromatic rings. The fourth-order valence-electron chi connectivity index (χ4n) is 2.11. The molecule has 0 aliphatic heterocycles. The molecular formula is C17H18N4O3S. The summed E-state index contributed by atoms with van der Waals surface area (Å²) in [5.41, 5.74) is 2.21. The van der Waals surface area contributed by atoms with Crippen molar-refractivity contribution in [2.75, 3.05) is 20.3 Å². The van der Waals surface area contributed by atoms with Crippen molar-refractivity contribution in [3.63, 3.8) is 0 Å². The van der Waals surface area contributed by atoms with Gasteiger partial charge in [-0.3, -0.25) is 4.79 Å². The molecule has 1 amide bonds. The minimum absolute atomic E-state index is 0.173. The number of thiophene rings is 1.